The molecular formula is C15H27N7O. The number of aryl methyl sites for hydroxylation is 1. The Kier molecular flexibility index (Phi) is 6.83. The number of aliphatic imine (C=N–C) groups is 1. The number of hydrogen-bond acceptors (Lipinski definition) is 4. The number of aromatic nitrogens is 3. The van der Waals surface area contributed by atoms with Gasteiger partial charge in [-0.2, -0.15) is 0 Å². The first kappa shape index (κ1) is 17.2. The van der Waals surface area contributed by atoms with Crippen molar-refractivity contribution < 1.29 is 4.79 Å². The highest BCUT2D eigenvalue weighted by Gasteiger charge is 2.28. The number of amides is 1. The van der Waals surface area contributed by atoms with Crippen molar-refractivity contribution in [3.63, 3.8) is 0 Å². The van der Waals surface area contributed by atoms with E-state index in [1.807, 2.05) is 11.5 Å². The molecule has 0 spiro atoms. The van der Waals surface area contributed by atoms with Crippen molar-refractivity contribution in [2.75, 3.05) is 26.2 Å². The van der Waals surface area contributed by atoms with Crippen LogP contribution in [0.5, 0.6) is 0 Å². The van der Waals surface area contributed by atoms with Crippen LogP contribution in [-0.4, -0.2) is 52.8 Å². The molecule has 0 aromatic carbocycles. The lowest BCUT2D eigenvalue weighted by molar-refractivity contribution is -0.122. The van der Waals surface area contributed by atoms with Crippen LogP contribution in [0.1, 0.15) is 32.5 Å². The van der Waals surface area contributed by atoms with Crippen LogP contribution in [0.4, 0.5) is 0 Å². The molecule has 1 aromatic heterocycles. The van der Waals surface area contributed by atoms with Crippen LogP contribution in [0.2, 0.25) is 0 Å². The van der Waals surface area contributed by atoms with Crippen molar-refractivity contribution in [3.8, 4) is 0 Å². The quantitative estimate of drug-likeness (QED) is 0.336. The molecular weight excluding hydrogens is 294 g/mol. The summed E-state index contributed by atoms with van der Waals surface area (Å²) < 4.78 is 2.03. The van der Waals surface area contributed by atoms with E-state index >= 15 is 0 Å². The zero-order valence-corrected chi connectivity index (χ0v) is 14.0. The summed E-state index contributed by atoms with van der Waals surface area (Å²) in [6, 6.07) is 0. The van der Waals surface area contributed by atoms with Gasteiger partial charge in [0.25, 0.3) is 0 Å². The fourth-order valence-electron chi connectivity index (χ4n) is 2.21. The Morgan fingerprint density at radius 2 is 2.13 bits per heavy atom. The van der Waals surface area contributed by atoms with Crippen LogP contribution >= 0.6 is 0 Å². The standard InChI is InChI=1S/C15H27N7O/c1-3-13-21-20-11-22(13)10-9-19-15(16-4-2)18-8-7-17-14(23)12-5-6-12/h11-12H,3-10H2,1-2H3,(H,17,23)(H2,16,18,19). The van der Waals surface area contributed by atoms with Gasteiger partial charge in [0.2, 0.25) is 5.91 Å². The molecule has 0 atom stereocenters. The fraction of sp³-hybridized carbons (Fsp3) is 0.733. The molecule has 8 nitrogen and oxygen atoms in total. The summed E-state index contributed by atoms with van der Waals surface area (Å²) in [6.45, 7) is 7.58. The number of guanidine groups is 1. The Balaban J connectivity index is 1.69. The Bertz CT molecular complexity index is 522. The maximum absolute atomic E-state index is 11.5. The Morgan fingerprint density at radius 1 is 1.30 bits per heavy atom. The van der Waals surface area contributed by atoms with Crippen molar-refractivity contribution in [3.05, 3.63) is 12.2 Å². The molecule has 1 aliphatic carbocycles. The van der Waals surface area contributed by atoms with E-state index < -0.39 is 0 Å². The van der Waals surface area contributed by atoms with E-state index in [2.05, 4.69) is 38.1 Å². The highest BCUT2D eigenvalue weighted by Crippen LogP contribution is 2.28. The van der Waals surface area contributed by atoms with E-state index in [-0.39, 0.29) is 11.8 Å². The predicted octanol–water partition coefficient (Wildman–Crippen LogP) is -0.0782. The maximum atomic E-state index is 11.5. The molecule has 0 unspecified atom stereocenters. The summed E-state index contributed by atoms with van der Waals surface area (Å²) in [4.78, 5) is 16.0. The zero-order chi connectivity index (χ0) is 16.5. The van der Waals surface area contributed by atoms with Crippen LogP contribution in [-0.2, 0) is 17.8 Å². The molecule has 8 heteroatoms. The van der Waals surface area contributed by atoms with Crippen molar-refractivity contribution in [1.82, 2.24) is 30.7 Å². The molecule has 1 aliphatic rings. The smallest absolute Gasteiger partial charge is 0.223 e. The van der Waals surface area contributed by atoms with Gasteiger partial charge in [0.05, 0.1) is 6.54 Å². The number of rotatable bonds is 9. The van der Waals surface area contributed by atoms with Crippen LogP contribution < -0.4 is 16.0 Å². The van der Waals surface area contributed by atoms with Gasteiger partial charge in [-0.25, -0.2) is 0 Å². The van der Waals surface area contributed by atoms with Crippen molar-refractivity contribution in [1.29, 1.82) is 0 Å². The van der Waals surface area contributed by atoms with Gasteiger partial charge >= 0.3 is 0 Å². The molecule has 0 saturated heterocycles. The summed E-state index contributed by atoms with van der Waals surface area (Å²) in [5.74, 6) is 2.16. The fourth-order valence-corrected chi connectivity index (χ4v) is 2.21. The number of nitrogens with one attached hydrogen (secondary N) is 3. The van der Waals surface area contributed by atoms with E-state index in [0.717, 1.165) is 50.7 Å². The molecule has 23 heavy (non-hydrogen) atoms. The van der Waals surface area contributed by atoms with Crippen LogP contribution in [0.3, 0.4) is 0 Å². The van der Waals surface area contributed by atoms with Crippen LogP contribution in [0.25, 0.3) is 0 Å². The predicted molar refractivity (Wildman–Crippen MR) is 89.1 cm³/mol. The molecule has 0 aliphatic heterocycles. The summed E-state index contributed by atoms with van der Waals surface area (Å²) in [7, 11) is 0. The van der Waals surface area contributed by atoms with Crippen LogP contribution in [0, 0.1) is 5.92 Å². The SMILES string of the molecule is CCNC(=NCCNC(=O)C1CC1)NCCn1cnnc1CC. The maximum Gasteiger partial charge on any atom is 0.223 e. The normalized spacial score (nSPS) is 14.6. The highest BCUT2D eigenvalue weighted by molar-refractivity contribution is 5.81. The third-order valence-corrected chi connectivity index (χ3v) is 3.63. The number of carbonyl (C=O) groups excluding carboxylic acids is 1. The minimum absolute atomic E-state index is 0.165. The Morgan fingerprint density at radius 3 is 2.83 bits per heavy atom. The molecule has 1 amide bonds. The summed E-state index contributed by atoms with van der Waals surface area (Å²) in [5.41, 5.74) is 0. The lowest BCUT2D eigenvalue weighted by Crippen LogP contribution is -2.39. The average molecular weight is 321 g/mol. The molecule has 2 rings (SSSR count). The molecule has 1 saturated carbocycles. The van der Waals surface area contributed by atoms with E-state index in [1.54, 1.807) is 6.33 Å². The highest BCUT2D eigenvalue weighted by atomic mass is 16.2. The van der Waals surface area contributed by atoms with Crippen molar-refractivity contribution in [2.24, 2.45) is 10.9 Å². The molecule has 3 N–H and O–H groups in total. The zero-order valence-electron chi connectivity index (χ0n) is 14.0. The minimum atomic E-state index is 0.165. The number of carbonyl (C=O) groups is 1. The lowest BCUT2D eigenvalue weighted by Gasteiger charge is -2.12. The van der Waals surface area contributed by atoms with Gasteiger partial charge < -0.3 is 20.5 Å². The van der Waals surface area contributed by atoms with Gasteiger partial charge in [-0.15, -0.1) is 10.2 Å². The topological polar surface area (TPSA) is 96.2 Å². The van der Waals surface area contributed by atoms with E-state index in [9.17, 15) is 4.79 Å². The monoisotopic (exact) mass is 321 g/mol. The van der Waals surface area contributed by atoms with Gasteiger partial charge in [-0.05, 0) is 19.8 Å². The van der Waals surface area contributed by atoms with Crippen LogP contribution in [0.15, 0.2) is 11.3 Å². The molecule has 1 aromatic rings. The molecule has 1 heterocycles. The van der Waals surface area contributed by atoms with Crippen molar-refractivity contribution in [2.45, 2.75) is 39.7 Å². The summed E-state index contributed by atoms with van der Waals surface area (Å²) in [5, 5.41) is 17.4. The Labute approximate surface area is 137 Å². The second-order valence-electron chi connectivity index (χ2n) is 5.55. The molecule has 1 fully saturated rings. The molecule has 0 radical (unpaired) electrons. The largest absolute Gasteiger partial charge is 0.357 e. The number of hydrogen-bond donors (Lipinski definition) is 3. The van der Waals surface area contributed by atoms with Gasteiger partial charge in [0, 0.05) is 38.5 Å². The van der Waals surface area contributed by atoms with Crippen molar-refractivity contribution >= 4 is 11.9 Å². The van der Waals surface area contributed by atoms with E-state index in [1.165, 1.54) is 0 Å². The summed E-state index contributed by atoms with van der Waals surface area (Å²) >= 11 is 0. The second kappa shape index (κ2) is 9.12. The van der Waals surface area contributed by atoms with Gasteiger partial charge in [-0.3, -0.25) is 9.79 Å². The van der Waals surface area contributed by atoms with Gasteiger partial charge in [0.1, 0.15) is 12.2 Å². The third-order valence-electron chi connectivity index (χ3n) is 3.63. The average Bonchev–Trinajstić information content (AvgIpc) is 3.31. The lowest BCUT2D eigenvalue weighted by atomic mass is 10.4. The van der Waals surface area contributed by atoms with E-state index in [4.69, 9.17) is 0 Å². The van der Waals surface area contributed by atoms with Gasteiger partial charge in [0.15, 0.2) is 5.96 Å². The minimum Gasteiger partial charge on any atom is -0.357 e. The van der Waals surface area contributed by atoms with E-state index in [0.29, 0.717) is 13.1 Å². The molecule has 0 bridgehead atoms. The second-order valence-corrected chi connectivity index (χ2v) is 5.55. The summed E-state index contributed by atoms with van der Waals surface area (Å²) in [6.07, 6.45) is 4.68. The molecule has 128 valence electrons. The van der Waals surface area contributed by atoms with Gasteiger partial charge in [-0.1, -0.05) is 6.92 Å². The first-order chi connectivity index (χ1) is 11.2. The third kappa shape index (κ3) is 5.88. The first-order valence-electron chi connectivity index (χ1n) is 8.41. The Hall–Kier alpha value is -2.12. The number of nitrogens with zero attached hydrogens (tertiary/aromatic N) is 4. The first-order valence-corrected chi connectivity index (χ1v) is 8.41.